The molecule has 0 saturated carbocycles. The quantitative estimate of drug-likeness (QED) is 0.728. The molecule has 2 heterocycles. The largest absolute Gasteiger partial charge is 0.368 e. The van der Waals surface area contributed by atoms with Gasteiger partial charge in [-0.2, -0.15) is 0 Å². The number of rotatable bonds is 4. The number of anilines is 1. The van der Waals surface area contributed by atoms with E-state index in [9.17, 15) is 0 Å². The van der Waals surface area contributed by atoms with Crippen LogP contribution in [-0.4, -0.2) is 13.1 Å². The third-order valence-electron chi connectivity index (χ3n) is 4.29. The highest BCUT2D eigenvalue weighted by molar-refractivity contribution is 7.61. The van der Waals surface area contributed by atoms with Crippen LogP contribution in [0.15, 0.2) is 36.4 Å². The summed E-state index contributed by atoms with van der Waals surface area (Å²) in [5.74, 6) is 0. The fraction of sp³-hybridized carbons (Fsp3) is 0.444. The van der Waals surface area contributed by atoms with E-state index in [2.05, 4.69) is 55.1 Å². The molecule has 106 valence electrons. The predicted octanol–water partition coefficient (Wildman–Crippen LogP) is 5.39. The van der Waals surface area contributed by atoms with E-state index in [0.29, 0.717) is 0 Å². The van der Waals surface area contributed by atoms with Crippen LogP contribution in [0.3, 0.4) is 0 Å². The number of aryl methyl sites for hydroxylation is 2. The average molecular weight is 285 g/mol. The van der Waals surface area contributed by atoms with Gasteiger partial charge in [0.15, 0.2) is 0 Å². The van der Waals surface area contributed by atoms with Crippen molar-refractivity contribution in [1.29, 1.82) is 0 Å². The molecule has 0 amide bonds. The SMILES string of the molecule is CCc1cc(CC)p(-c2ccccc2)c1N1CCCC1. The molecular formula is C18H24NP. The van der Waals surface area contributed by atoms with Crippen LogP contribution in [0.2, 0.25) is 0 Å². The molecule has 0 N–H and O–H groups in total. The van der Waals surface area contributed by atoms with Crippen LogP contribution >= 0.6 is 7.53 Å². The highest BCUT2D eigenvalue weighted by atomic mass is 31.1. The van der Waals surface area contributed by atoms with Crippen molar-refractivity contribution >= 4 is 13.0 Å². The Kier molecular flexibility index (Phi) is 4.17. The summed E-state index contributed by atoms with van der Waals surface area (Å²) in [4.78, 5) is 2.68. The molecule has 0 aliphatic carbocycles. The molecule has 3 rings (SSSR count). The second-order valence-electron chi connectivity index (χ2n) is 5.56. The zero-order valence-electron chi connectivity index (χ0n) is 12.6. The zero-order valence-corrected chi connectivity index (χ0v) is 13.5. The topological polar surface area (TPSA) is 3.24 Å². The van der Waals surface area contributed by atoms with E-state index in [1.54, 1.807) is 16.3 Å². The van der Waals surface area contributed by atoms with Gasteiger partial charge in [-0.25, -0.2) is 0 Å². The Morgan fingerprint density at radius 2 is 1.70 bits per heavy atom. The van der Waals surface area contributed by atoms with Gasteiger partial charge in [0.25, 0.3) is 0 Å². The van der Waals surface area contributed by atoms with Crippen molar-refractivity contribution in [1.82, 2.24) is 0 Å². The predicted molar refractivity (Wildman–Crippen MR) is 90.7 cm³/mol. The first-order valence-corrected chi connectivity index (χ1v) is 9.23. The van der Waals surface area contributed by atoms with E-state index >= 15 is 0 Å². The van der Waals surface area contributed by atoms with E-state index in [-0.39, 0.29) is 7.53 Å². The van der Waals surface area contributed by atoms with Crippen molar-refractivity contribution in [3.8, 4) is 5.30 Å². The first kappa shape index (κ1) is 13.8. The van der Waals surface area contributed by atoms with Crippen LogP contribution in [0.25, 0.3) is 5.30 Å². The summed E-state index contributed by atoms with van der Waals surface area (Å²) in [6.07, 6.45) is 5.07. The maximum absolute atomic E-state index is 2.68. The van der Waals surface area contributed by atoms with Gasteiger partial charge in [-0.3, -0.25) is 0 Å². The second-order valence-corrected chi connectivity index (χ2v) is 7.74. The van der Waals surface area contributed by atoms with Gasteiger partial charge in [0, 0.05) is 18.4 Å². The van der Waals surface area contributed by atoms with Crippen molar-refractivity contribution in [3.05, 3.63) is 47.3 Å². The summed E-state index contributed by atoms with van der Waals surface area (Å²) in [5, 5.41) is 3.19. The summed E-state index contributed by atoms with van der Waals surface area (Å²) >= 11 is 0. The molecule has 0 radical (unpaired) electrons. The summed E-state index contributed by atoms with van der Waals surface area (Å²) < 4.78 is 0. The minimum atomic E-state index is -0.257. The fourth-order valence-corrected chi connectivity index (χ4v) is 6.18. The Morgan fingerprint density at radius 3 is 2.30 bits per heavy atom. The monoisotopic (exact) mass is 285 g/mol. The normalized spacial score (nSPS) is 15.9. The van der Waals surface area contributed by atoms with Crippen LogP contribution in [0.4, 0.5) is 5.42 Å². The van der Waals surface area contributed by atoms with Crippen LogP contribution < -0.4 is 4.90 Å². The molecule has 1 nitrogen and oxygen atoms in total. The molecule has 1 aliphatic rings. The first-order valence-electron chi connectivity index (χ1n) is 7.89. The number of hydrogen-bond acceptors (Lipinski definition) is 1. The lowest BCUT2D eigenvalue weighted by Crippen LogP contribution is -2.17. The molecule has 1 aromatic carbocycles. The molecule has 1 aliphatic heterocycles. The van der Waals surface area contributed by atoms with Gasteiger partial charge in [-0.05, 0) is 42.6 Å². The highest BCUT2D eigenvalue weighted by Gasteiger charge is 2.22. The maximum atomic E-state index is 2.68. The van der Waals surface area contributed by atoms with Gasteiger partial charge in [-0.1, -0.05) is 51.7 Å². The first-order chi connectivity index (χ1) is 9.85. The third kappa shape index (κ3) is 2.40. The summed E-state index contributed by atoms with van der Waals surface area (Å²) in [7, 11) is -0.257. The summed E-state index contributed by atoms with van der Waals surface area (Å²) in [5.41, 5.74) is 3.27. The number of nitrogens with zero attached hydrogens (tertiary/aromatic N) is 1. The molecule has 20 heavy (non-hydrogen) atoms. The Hall–Kier alpha value is -1.20. The van der Waals surface area contributed by atoms with Crippen molar-refractivity contribution in [3.63, 3.8) is 0 Å². The van der Waals surface area contributed by atoms with Crippen molar-refractivity contribution < 1.29 is 0 Å². The van der Waals surface area contributed by atoms with Crippen LogP contribution in [0.5, 0.6) is 0 Å². The average Bonchev–Trinajstić information content (AvgIpc) is 3.14. The Bertz CT molecular complexity index is 565. The molecule has 1 aromatic heterocycles. The Balaban J connectivity index is 2.16. The van der Waals surface area contributed by atoms with E-state index in [1.165, 1.54) is 44.1 Å². The second kappa shape index (κ2) is 6.06. The van der Waals surface area contributed by atoms with Gasteiger partial charge >= 0.3 is 0 Å². The smallest absolute Gasteiger partial charge is 0.0641 e. The fourth-order valence-electron chi connectivity index (χ4n) is 3.27. The van der Waals surface area contributed by atoms with Crippen LogP contribution in [0.1, 0.15) is 37.5 Å². The maximum Gasteiger partial charge on any atom is 0.0641 e. The zero-order chi connectivity index (χ0) is 13.9. The standard InChI is InChI=1S/C18H24NP/c1-3-15-14-16(4-2)20(17-10-6-5-7-11-17)18(15)19-12-8-9-13-19/h5-7,10-11,14H,3-4,8-9,12-13H2,1-2H3. The highest BCUT2D eigenvalue weighted by Crippen LogP contribution is 2.56. The molecule has 1 fully saturated rings. The van der Waals surface area contributed by atoms with Gasteiger partial charge < -0.3 is 4.90 Å². The lowest BCUT2D eigenvalue weighted by atomic mass is 10.2. The Morgan fingerprint density at radius 1 is 1.00 bits per heavy atom. The molecule has 2 aromatic rings. The van der Waals surface area contributed by atoms with E-state index in [4.69, 9.17) is 0 Å². The van der Waals surface area contributed by atoms with E-state index in [0.717, 1.165) is 0 Å². The summed E-state index contributed by atoms with van der Waals surface area (Å²) in [6.45, 7) is 7.13. The summed E-state index contributed by atoms with van der Waals surface area (Å²) in [6, 6.07) is 13.7. The van der Waals surface area contributed by atoms with E-state index < -0.39 is 0 Å². The Labute approximate surface area is 123 Å². The molecule has 2 heteroatoms. The van der Waals surface area contributed by atoms with Gasteiger partial charge in [-0.15, -0.1) is 0 Å². The van der Waals surface area contributed by atoms with Gasteiger partial charge in [0.1, 0.15) is 0 Å². The van der Waals surface area contributed by atoms with Crippen LogP contribution in [-0.2, 0) is 12.8 Å². The number of hydrogen-bond donors (Lipinski definition) is 0. The van der Waals surface area contributed by atoms with Crippen LogP contribution in [0, 0.1) is 0 Å². The molecular weight excluding hydrogens is 261 g/mol. The van der Waals surface area contributed by atoms with Crippen molar-refractivity contribution in [2.24, 2.45) is 0 Å². The molecule has 1 saturated heterocycles. The lowest BCUT2D eigenvalue weighted by Gasteiger charge is -2.22. The number of benzene rings is 1. The van der Waals surface area contributed by atoms with E-state index in [1.807, 2.05) is 0 Å². The molecule has 0 bridgehead atoms. The molecule has 1 unspecified atom stereocenters. The minimum Gasteiger partial charge on any atom is -0.368 e. The van der Waals surface area contributed by atoms with Gasteiger partial charge in [0.05, 0.1) is 5.42 Å². The molecule has 1 atom stereocenters. The third-order valence-corrected chi connectivity index (χ3v) is 7.12. The minimum absolute atomic E-state index is 0.257. The lowest BCUT2D eigenvalue weighted by molar-refractivity contribution is 0.949. The molecule has 0 spiro atoms. The van der Waals surface area contributed by atoms with Crippen molar-refractivity contribution in [2.75, 3.05) is 18.0 Å². The van der Waals surface area contributed by atoms with Gasteiger partial charge in [0.2, 0.25) is 0 Å². The van der Waals surface area contributed by atoms with Crippen molar-refractivity contribution in [2.45, 2.75) is 39.5 Å².